The Bertz CT molecular complexity index is 1200. The fourth-order valence-corrected chi connectivity index (χ4v) is 4.72. The molecule has 2 heterocycles. The third-order valence-corrected chi connectivity index (χ3v) is 6.42. The molecule has 0 aromatic heterocycles. The summed E-state index contributed by atoms with van der Waals surface area (Å²) in [6.07, 6.45) is -1.30. The summed E-state index contributed by atoms with van der Waals surface area (Å²) in [5.74, 6) is -0.431. The molecule has 3 aromatic rings. The fraction of sp³-hybridized carbons (Fsp3) is 0.250. The average molecular weight is 487 g/mol. The van der Waals surface area contributed by atoms with Crippen LogP contribution >= 0.6 is 12.6 Å². The molecule has 2 aliphatic rings. The van der Waals surface area contributed by atoms with Crippen molar-refractivity contribution in [3.63, 3.8) is 0 Å². The van der Waals surface area contributed by atoms with Crippen molar-refractivity contribution in [3.05, 3.63) is 108 Å². The normalized spacial score (nSPS) is 19.9. The Morgan fingerprint density at radius 3 is 1.97 bits per heavy atom. The zero-order valence-electron chi connectivity index (χ0n) is 19.4. The van der Waals surface area contributed by atoms with E-state index in [0.29, 0.717) is 5.90 Å². The number of aliphatic imine (C=N–C) groups is 1. The highest BCUT2D eigenvalue weighted by Crippen LogP contribution is 2.39. The number of fused-ring (bicyclic) bond motifs is 1. The molecule has 7 heteroatoms. The highest BCUT2D eigenvalue weighted by Gasteiger charge is 2.60. The monoisotopic (exact) mass is 486 g/mol. The third kappa shape index (κ3) is 4.44. The van der Waals surface area contributed by atoms with E-state index < -0.39 is 35.1 Å². The van der Waals surface area contributed by atoms with Gasteiger partial charge >= 0.3 is 5.97 Å². The first kappa shape index (κ1) is 23.2. The summed E-state index contributed by atoms with van der Waals surface area (Å²) in [5.41, 5.74) is 2.46. The van der Waals surface area contributed by atoms with Gasteiger partial charge in [0.1, 0.15) is 6.04 Å². The predicted molar refractivity (Wildman–Crippen MR) is 136 cm³/mol. The summed E-state index contributed by atoms with van der Waals surface area (Å²) in [6, 6.07) is 26.8. The molecule has 0 aliphatic carbocycles. The molecular formula is C28H26N2O4S. The van der Waals surface area contributed by atoms with Crippen LogP contribution in [-0.2, 0) is 19.1 Å². The number of hydrogen-bond donors (Lipinski definition) is 1. The highest BCUT2D eigenvalue weighted by atomic mass is 32.1. The number of rotatable bonds is 7. The van der Waals surface area contributed by atoms with Crippen LogP contribution in [0.1, 0.15) is 36.6 Å². The van der Waals surface area contributed by atoms with Gasteiger partial charge in [-0.1, -0.05) is 78.9 Å². The van der Waals surface area contributed by atoms with Gasteiger partial charge in [-0.05, 0) is 37.1 Å². The van der Waals surface area contributed by atoms with Crippen molar-refractivity contribution in [2.45, 2.75) is 43.0 Å². The minimum Gasteiger partial charge on any atom is -0.451 e. The van der Waals surface area contributed by atoms with Gasteiger partial charge in [-0.25, -0.2) is 9.79 Å². The van der Waals surface area contributed by atoms with Crippen LogP contribution in [0.5, 0.6) is 0 Å². The Labute approximate surface area is 210 Å². The van der Waals surface area contributed by atoms with Crippen molar-refractivity contribution in [1.29, 1.82) is 0 Å². The summed E-state index contributed by atoms with van der Waals surface area (Å²) < 4.78 is 11.3. The molecule has 178 valence electrons. The molecule has 0 spiro atoms. The minimum atomic E-state index is -0.972. The van der Waals surface area contributed by atoms with Crippen LogP contribution < -0.4 is 0 Å². The van der Waals surface area contributed by atoms with Gasteiger partial charge in [-0.2, -0.15) is 12.6 Å². The summed E-state index contributed by atoms with van der Waals surface area (Å²) in [4.78, 5) is 32.7. The van der Waals surface area contributed by atoms with E-state index in [4.69, 9.17) is 9.47 Å². The van der Waals surface area contributed by atoms with Crippen molar-refractivity contribution >= 4 is 30.4 Å². The maximum absolute atomic E-state index is 13.7. The van der Waals surface area contributed by atoms with Gasteiger partial charge in [0.2, 0.25) is 12.1 Å². The number of amides is 1. The van der Waals surface area contributed by atoms with Gasteiger partial charge < -0.3 is 9.47 Å². The number of ether oxygens (including phenoxy) is 2. The van der Waals surface area contributed by atoms with Gasteiger partial charge in [0.25, 0.3) is 5.91 Å². The molecule has 35 heavy (non-hydrogen) atoms. The number of esters is 1. The maximum Gasteiger partial charge on any atom is 0.331 e. The Kier molecular flexibility index (Phi) is 6.11. The van der Waals surface area contributed by atoms with Crippen molar-refractivity contribution < 1.29 is 19.1 Å². The maximum atomic E-state index is 13.7. The summed E-state index contributed by atoms with van der Waals surface area (Å²) in [5, 5.41) is 0. The molecule has 1 amide bonds. The highest BCUT2D eigenvalue weighted by molar-refractivity contribution is 7.81. The molecule has 6 nitrogen and oxygen atoms in total. The Morgan fingerprint density at radius 1 is 0.943 bits per heavy atom. The van der Waals surface area contributed by atoms with Crippen LogP contribution in [0, 0.1) is 0 Å². The van der Waals surface area contributed by atoms with Gasteiger partial charge in [0.15, 0.2) is 12.1 Å². The van der Waals surface area contributed by atoms with Gasteiger partial charge in [0.05, 0.1) is 0 Å². The van der Waals surface area contributed by atoms with E-state index >= 15 is 0 Å². The fourth-order valence-electron chi connectivity index (χ4n) is 4.49. The topological polar surface area (TPSA) is 68.2 Å². The number of carbonyl (C=O) groups is 2. The van der Waals surface area contributed by atoms with Gasteiger partial charge in [-0.15, -0.1) is 0 Å². The minimum absolute atomic E-state index is 0.277. The summed E-state index contributed by atoms with van der Waals surface area (Å²) in [6.45, 7) is 3.58. The first-order valence-corrected chi connectivity index (χ1v) is 11.9. The second-order valence-corrected chi connectivity index (χ2v) is 10.3. The molecule has 0 unspecified atom stereocenters. The SMILES string of the molecule is CC(C)(S)[C@H](C(=O)OC(c1ccccc1)c1ccccc1)N1C(=O)[C@@H]2N=C(c3ccccc3)O[C@@H]21. The standard InChI is InChI=1S/C28H26N2O4S/c1-28(2,35)23(30-25(31)21-26(30)34-24(29-21)20-16-10-5-11-17-20)27(32)33-22(18-12-6-3-7-13-18)19-14-8-4-9-15-19/h3-17,21-23,26,35H,1-2H3/t21-,23-,26-/m0/s1. The van der Waals surface area contributed by atoms with E-state index in [1.165, 1.54) is 4.90 Å². The van der Waals surface area contributed by atoms with Gasteiger partial charge in [0, 0.05) is 10.3 Å². The number of thiol groups is 1. The van der Waals surface area contributed by atoms with Crippen molar-refractivity contribution in [3.8, 4) is 0 Å². The van der Waals surface area contributed by atoms with E-state index in [2.05, 4.69) is 17.6 Å². The lowest BCUT2D eigenvalue weighted by molar-refractivity contribution is -0.183. The lowest BCUT2D eigenvalue weighted by atomic mass is 9.93. The van der Waals surface area contributed by atoms with E-state index in [-0.39, 0.29) is 5.91 Å². The number of benzene rings is 3. The molecule has 1 fully saturated rings. The third-order valence-electron chi connectivity index (χ3n) is 6.17. The Hall–Kier alpha value is -3.58. The number of likely N-dealkylation sites (tertiary alicyclic amines) is 1. The number of carbonyl (C=O) groups excluding carboxylic acids is 2. The Balaban J connectivity index is 1.42. The Morgan fingerprint density at radius 2 is 1.46 bits per heavy atom. The molecule has 0 N–H and O–H groups in total. The van der Waals surface area contributed by atoms with Crippen LogP contribution in [0.4, 0.5) is 0 Å². The zero-order valence-corrected chi connectivity index (χ0v) is 20.3. The molecule has 1 saturated heterocycles. The predicted octanol–water partition coefficient (Wildman–Crippen LogP) is 4.41. The van der Waals surface area contributed by atoms with Crippen LogP contribution in [-0.4, -0.2) is 45.7 Å². The second-order valence-electron chi connectivity index (χ2n) is 9.19. The number of hydrogen-bond acceptors (Lipinski definition) is 6. The number of β-lactam (4-membered cyclic amide) rings is 1. The molecule has 2 aliphatic heterocycles. The molecule has 0 bridgehead atoms. The average Bonchev–Trinajstić information content (AvgIpc) is 3.27. The van der Waals surface area contributed by atoms with E-state index in [9.17, 15) is 9.59 Å². The van der Waals surface area contributed by atoms with E-state index in [1.807, 2.05) is 91.0 Å². The molecule has 0 radical (unpaired) electrons. The molecular weight excluding hydrogens is 460 g/mol. The smallest absolute Gasteiger partial charge is 0.331 e. The van der Waals surface area contributed by atoms with E-state index in [1.54, 1.807) is 13.8 Å². The first-order valence-electron chi connectivity index (χ1n) is 11.5. The van der Waals surface area contributed by atoms with Crippen LogP contribution in [0.3, 0.4) is 0 Å². The largest absolute Gasteiger partial charge is 0.451 e. The van der Waals surface area contributed by atoms with Crippen LogP contribution in [0.25, 0.3) is 0 Å². The second kappa shape index (κ2) is 9.23. The van der Waals surface area contributed by atoms with Crippen LogP contribution in [0.2, 0.25) is 0 Å². The lowest BCUT2D eigenvalue weighted by Crippen LogP contribution is -2.71. The molecule has 5 rings (SSSR count). The van der Waals surface area contributed by atoms with E-state index in [0.717, 1.165) is 16.7 Å². The zero-order chi connectivity index (χ0) is 24.6. The molecule has 3 atom stereocenters. The summed E-state index contributed by atoms with van der Waals surface area (Å²) >= 11 is 4.69. The molecule has 0 saturated carbocycles. The van der Waals surface area contributed by atoms with Gasteiger partial charge in [-0.3, -0.25) is 9.69 Å². The van der Waals surface area contributed by atoms with Crippen LogP contribution in [0.15, 0.2) is 96.0 Å². The lowest BCUT2D eigenvalue weighted by Gasteiger charge is -2.47. The quantitative estimate of drug-likeness (QED) is 0.305. The van der Waals surface area contributed by atoms with Crippen molar-refractivity contribution in [2.75, 3.05) is 0 Å². The number of nitrogens with zero attached hydrogens (tertiary/aromatic N) is 2. The first-order chi connectivity index (χ1) is 16.8. The summed E-state index contributed by atoms with van der Waals surface area (Å²) in [7, 11) is 0. The molecule has 3 aromatic carbocycles. The van der Waals surface area contributed by atoms with Crippen molar-refractivity contribution in [1.82, 2.24) is 4.90 Å². The van der Waals surface area contributed by atoms with Crippen molar-refractivity contribution in [2.24, 2.45) is 4.99 Å².